The van der Waals surface area contributed by atoms with E-state index >= 15 is 0 Å². The summed E-state index contributed by atoms with van der Waals surface area (Å²) in [5, 5.41) is 2.66. The van der Waals surface area contributed by atoms with Crippen LogP contribution in [0.4, 0.5) is 13.2 Å². The highest BCUT2D eigenvalue weighted by Gasteiger charge is 2.36. The fourth-order valence-corrected chi connectivity index (χ4v) is 5.52. The van der Waals surface area contributed by atoms with Crippen molar-refractivity contribution in [3.8, 4) is 0 Å². The van der Waals surface area contributed by atoms with Gasteiger partial charge in [0.05, 0.1) is 0 Å². The Bertz CT molecular complexity index is 1440. The Labute approximate surface area is 216 Å². The number of halogens is 3. The van der Waals surface area contributed by atoms with Crippen molar-refractivity contribution in [1.29, 1.82) is 0 Å². The van der Waals surface area contributed by atoms with Crippen LogP contribution in [0.3, 0.4) is 0 Å². The van der Waals surface area contributed by atoms with E-state index in [1.54, 1.807) is 0 Å². The van der Waals surface area contributed by atoms with Crippen LogP contribution in [-0.4, -0.2) is 27.8 Å². The monoisotopic (exact) mass is 546 g/mol. The fraction of sp³-hybridized carbons (Fsp3) is 0.259. The first-order chi connectivity index (χ1) is 17.5. The molecule has 3 aromatic rings. The average molecular weight is 547 g/mol. The zero-order valence-corrected chi connectivity index (χ0v) is 22.0. The summed E-state index contributed by atoms with van der Waals surface area (Å²) in [4.78, 5) is 0. The Morgan fingerprint density at radius 2 is 1.46 bits per heavy atom. The highest BCUT2D eigenvalue weighted by atomic mass is 32.2. The molecule has 1 heterocycles. The largest absolute Gasteiger partial charge is 0.741 e. The summed E-state index contributed by atoms with van der Waals surface area (Å²) in [6.07, 6.45) is 11.4. The van der Waals surface area contributed by atoms with Gasteiger partial charge in [-0.05, 0) is 72.1 Å². The molecule has 1 aliphatic carbocycles. The molecule has 0 spiro atoms. The molecule has 37 heavy (non-hydrogen) atoms. The van der Waals surface area contributed by atoms with E-state index in [4.69, 9.17) is 13.0 Å². The lowest BCUT2D eigenvalue weighted by Crippen LogP contribution is -2.21. The highest BCUT2D eigenvalue weighted by Crippen LogP contribution is 2.45. The van der Waals surface area contributed by atoms with Gasteiger partial charge in [0.1, 0.15) is 0 Å². The molecule has 10 heteroatoms. The molecule has 0 fully saturated rings. The Balaban J connectivity index is 0.000000349. The number of aryl methyl sites for hydroxylation is 1. The Morgan fingerprint density at radius 3 is 2.14 bits per heavy atom. The maximum Gasteiger partial charge on any atom is 0.485 e. The summed E-state index contributed by atoms with van der Waals surface area (Å²) in [6.45, 7) is 4.63. The van der Waals surface area contributed by atoms with Crippen molar-refractivity contribution in [3.05, 3.63) is 101 Å². The molecule has 5 rings (SSSR count). The Morgan fingerprint density at radius 1 is 0.892 bits per heavy atom. The zero-order valence-electron chi connectivity index (χ0n) is 20.3. The number of nitrogens with zero attached hydrogens (tertiary/aromatic N) is 2. The van der Waals surface area contributed by atoms with Crippen LogP contribution < -0.4 is 0 Å². The molecule has 0 radical (unpaired) electrons. The zero-order chi connectivity index (χ0) is 26.8. The standard InChI is InChI=1S/C26H26N2P.CHF3O3S/c1-19(23-15-7-11-21-9-3-5-13-25(21)23)27-17-18-28(29-27)20(2)24-16-8-12-22-10-4-6-14-26(22)24;2-1(3,4)8(5,6)7/h3,5-9,11-20H,4,10H2,1-2H3;(H,5,6,7)/q-1;/p-1/t19-,20-;/m0./s1. The van der Waals surface area contributed by atoms with E-state index in [-0.39, 0.29) is 0 Å². The van der Waals surface area contributed by atoms with E-state index in [1.807, 2.05) is 0 Å². The number of alkyl halides is 3. The molecule has 0 saturated heterocycles. The molecule has 1 aliphatic heterocycles. The molecule has 0 saturated carbocycles. The SMILES string of the molecule is C[C@@H](c1cccc2c1C=CCC2)N1C=CN([C@@H](C)c2cccc3ccccc23)[P-]1.O=S(=O)([O-])C(F)(F)F. The van der Waals surface area contributed by atoms with Crippen molar-refractivity contribution in [1.82, 2.24) is 9.34 Å². The summed E-state index contributed by atoms with van der Waals surface area (Å²) >= 11 is 0. The number of hydrogen-bond acceptors (Lipinski definition) is 5. The average Bonchev–Trinajstić information content (AvgIpc) is 3.37. The third-order valence-corrected chi connectivity index (χ3v) is 8.41. The molecule has 0 amide bonds. The molecular weight excluding hydrogens is 520 g/mol. The van der Waals surface area contributed by atoms with E-state index in [0.29, 0.717) is 12.1 Å². The topological polar surface area (TPSA) is 63.7 Å². The third kappa shape index (κ3) is 6.00. The number of rotatable bonds is 4. The molecule has 0 unspecified atom stereocenters. The minimum absolute atomic E-state index is 0.320. The van der Waals surface area contributed by atoms with Crippen LogP contribution in [0.5, 0.6) is 0 Å². The van der Waals surface area contributed by atoms with Crippen LogP contribution in [0.2, 0.25) is 0 Å². The minimum atomic E-state index is -6.09. The van der Waals surface area contributed by atoms with E-state index in [9.17, 15) is 13.2 Å². The summed E-state index contributed by atoms with van der Waals surface area (Å²) in [7, 11) is -4.88. The Kier molecular flexibility index (Phi) is 7.97. The second-order valence-electron chi connectivity index (χ2n) is 8.83. The number of allylic oxidation sites excluding steroid dienone is 1. The molecular formula is C27H26F3N2O3PS-2. The van der Waals surface area contributed by atoms with E-state index in [0.717, 1.165) is 12.8 Å². The van der Waals surface area contributed by atoms with Crippen LogP contribution in [0.25, 0.3) is 16.8 Å². The van der Waals surface area contributed by atoms with Crippen LogP contribution in [-0.2, 0) is 16.5 Å². The van der Waals surface area contributed by atoms with Crippen molar-refractivity contribution in [3.63, 3.8) is 0 Å². The normalized spacial score (nSPS) is 17.5. The van der Waals surface area contributed by atoms with Crippen LogP contribution in [0, 0.1) is 0 Å². The first kappa shape index (κ1) is 27.2. The lowest BCUT2D eigenvalue weighted by atomic mass is 9.90. The molecule has 2 aliphatic rings. The van der Waals surface area contributed by atoms with Crippen LogP contribution in [0.1, 0.15) is 54.6 Å². The van der Waals surface area contributed by atoms with Crippen molar-refractivity contribution in [2.24, 2.45) is 0 Å². The third-order valence-electron chi connectivity index (χ3n) is 6.47. The fourth-order valence-electron chi connectivity index (χ4n) is 4.49. The first-order valence-electron chi connectivity index (χ1n) is 11.7. The molecule has 3 aromatic carbocycles. The van der Waals surface area contributed by atoms with E-state index in [2.05, 4.69) is 108 Å². The molecule has 2 atom stereocenters. The van der Waals surface area contributed by atoms with Gasteiger partial charge in [-0.25, -0.2) is 8.42 Å². The molecule has 196 valence electrons. The lowest BCUT2D eigenvalue weighted by molar-refractivity contribution is -0.0517. The van der Waals surface area contributed by atoms with Gasteiger partial charge in [0.2, 0.25) is 0 Å². The molecule has 0 N–H and O–H groups in total. The van der Waals surface area contributed by atoms with Gasteiger partial charge in [-0.15, -0.1) is 0 Å². The van der Waals surface area contributed by atoms with Gasteiger partial charge in [0, 0.05) is 12.1 Å². The smallest absolute Gasteiger partial charge is 0.485 e. The summed E-state index contributed by atoms with van der Waals surface area (Å²) in [5.41, 5.74) is 0.0746. The number of fused-ring (bicyclic) bond motifs is 2. The Hall–Kier alpha value is -2.87. The van der Waals surface area contributed by atoms with E-state index < -0.39 is 15.6 Å². The predicted molar refractivity (Wildman–Crippen MR) is 140 cm³/mol. The number of hydrogen-bond donors (Lipinski definition) is 0. The predicted octanol–water partition coefficient (Wildman–Crippen LogP) is 7.54. The second-order valence-corrected chi connectivity index (χ2v) is 11.3. The van der Waals surface area contributed by atoms with Gasteiger partial charge in [0.15, 0.2) is 10.1 Å². The molecule has 5 nitrogen and oxygen atoms in total. The van der Waals surface area contributed by atoms with Gasteiger partial charge in [-0.2, -0.15) is 13.2 Å². The summed E-state index contributed by atoms with van der Waals surface area (Å²) in [5.74, 6) is 0. The molecule has 0 bridgehead atoms. The van der Waals surface area contributed by atoms with Crippen molar-refractivity contribution in [2.75, 3.05) is 0 Å². The maximum absolute atomic E-state index is 10.7. The first-order valence-corrected chi connectivity index (χ1v) is 13.9. The molecule has 0 aromatic heterocycles. The van der Waals surface area contributed by atoms with Crippen molar-refractivity contribution in [2.45, 2.75) is 44.3 Å². The van der Waals surface area contributed by atoms with Crippen LogP contribution >= 0.6 is 8.88 Å². The van der Waals surface area contributed by atoms with Crippen molar-refractivity contribution >= 4 is 35.8 Å². The van der Waals surface area contributed by atoms with Gasteiger partial charge in [-0.3, -0.25) is 0 Å². The second kappa shape index (κ2) is 10.9. The lowest BCUT2D eigenvalue weighted by Gasteiger charge is -2.45. The minimum Gasteiger partial charge on any atom is -0.741 e. The van der Waals surface area contributed by atoms with Gasteiger partial charge < -0.3 is 22.8 Å². The van der Waals surface area contributed by atoms with Gasteiger partial charge in [0.25, 0.3) is 0 Å². The highest BCUT2D eigenvalue weighted by molar-refractivity contribution is 7.86. The summed E-state index contributed by atoms with van der Waals surface area (Å²) in [6, 6.07) is 22.8. The quantitative estimate of drug-likeness (QED) is 0.192. The van der Waals surface area contributed by atoms with Gasteiger partial charge >= 0.3 is 5.51 Å². The maximum atomic E-state index is 10.7. The van der Waals surface area contributed by atoms with E-state index in [1.165, 1.54) is 41.9 Å². The van der Waals surface area contributed by atoms with Crippen LogP contribution in [0.15, 0.2) is 79.1 Å². The number of benzene rings is 3. The van der Waals surface area contributed by atoms with Crippen molar-refractivity contribution < 1.29 is 26.1 Å². The van der Waals surface area contributed by atoms with Gasteiger partial charge in [-0.1, -0.05) is 72.8 Å². The summed E-state index contributed by atoms with van der Waals surface area (Å²) < 4.78 is 63.8.